The van der Waals surface area contributed by atoms with Crippen molar-refractivity contribution >= 4 is 21.6 Å². The van der Waals surface area contributed by atoms with Gasteiger partial charge in [0.15, 0.2) is 0 Å². The van der Waals surface area contributed by atoms with E-state index in [-0.39, 0.29) is 17.0 Å². The minimum Gasteiger partial charge on any atom is -0.379 e. The molecule has 0 saturated carbocycles. The molecular formula is C16H17ClN2O4S. The van der Waals surface area contributed by atoms with E-state index in [1.54, 1.807) is 18.2 Å². The van der Waals surface area contributed by atoms with Crippen molar-refractivity contribution in [1.82, 2.24) is 8.87 Å². The summed E-state index contributed by atoms with van der Waals surface area (Å²) in [6.45, 7) is 1.64. The minimum atomic E-state index is -3.63. The average molecular weight is 369 g/mol. The number of aromatic nitrogens is 1. The number of pyridine rings is 1. The van der Waals surface area contributed by atoms with Crippen molar-refractivity contribution < 1.29 is 13.2 Å². The summed E-state index contributed by atoms with van der Waals surface area (Å²) < 4.78 is 33.3. The van der Waals surface area contributed by atoms with Crippen LogP contribution in [0, 0.1) is 0 Å². The molecular weight excluding hydrogens is 352 g/mol. The second kappa shape index (κ2) is 7.06. The highest BCUT2D eigenvalue weighted by Gasteiger charge is 2.26. The van der Waals surface area contributed by atoms with Crippen LogP contribution >= 0.6 is 11.6 Å². The van der Waals surface area contributed by atoms with Crippen LogP contribution in [0.3, 0.4) is 0 Å². The zero-order chi connectivity index (χ0) is 17.2. The Bertz CT molecular complexity index is 889. The zero-order valence-corrected chi connectivity index (χ0v) is 14.5. The third kappa shape index (κ3) is 3.70. The number of hydrogen-bond acceptors (Lipinski definition) is 4. The lowest BCUT2D eigenvalue weighted by atomic mass is 10.2. The maximum absolute atomic E-state index is 12.7. The van der Waals surface area contributed by atoms with Crippen molar-refractivity contribution in [3.8, 4) is 0 Å². The van der Waals surface area contributed by atoms with E-state index < -0.39 is 10.0 Å². The van der Waals surface area contributed by atoms with Crippen molar-refractivity contribution in [2.45, 2.75) is 11.4 Å². The Morgan fingerprint density at radius 1 is 1.12 bits per heavy atom. The molecule has 0 amide bonds. The highest BCUT2D eigenvalue weighted by atomic mass is 35.5. The number of nitrogens with zero attached hydrogens (tertiary/aromatic N) is 2. The molecule has 1 fully saturated rings. The maximum atomic E-state index is 12.7. The molecule has 2 heterocycles. The molecule has 128 valence electrons. The summed E-state index contributed by atoms with van der Waals surface area (Å²) in [7, 11) is -3.63. The predicted molar refractivity (Wildman–Crippen MR) is 90.8 cm³/mol. The van der Waals surface area contributed by atoms with Crippen LogP contribution in [0.15, 0.2) is 52.3 Å². The second-order valence-electron chi connectivity index (χ2n) is 5.48. The van der Waals surface area contributed by atoms with Crippen LogP contribution in [0.25, 0.3) is 0 Å². The van der Waals surface area contributed by atoms with E-state index in [2.05, 4.69) is 0 Å². The molecule has 1 aromatic carbocycles. The van der Waals surface area contributed by atoms with E-state index >= 15 is 0 Å². The lowest BCUT2D eigenvalue weighted by Gasteiger charge is -2.26. The molecule has 0 atom stereocenters. The highest BCUT2D eigenvalue weighted by molar-refractivity contribution is 7.89. The average Bonchev–Trinajstić information content (AvgIpc) is 2.57. The van der Waals surface area contributed by atoms with Gasteiger partial charge in [-0.15, -0.1) is 0 Å². The zero-order valence-electron chi connectivity index (χ0n) is 12.9. The van der Waals surface area contributed by atoms with E-state index in [0.717, 1.165) is 5.56 Å². The Morgan fingerprint density at radius 2 is 1.88 bits per heavy atom. The van der Waals surface area contributed by atoms with Crippen molar-refractivity contribution in [3.05, 3.63) is 63.5 Å². The Morgan fingerprint density at radius 3 is 2.58 bits per heavy atom. The van der Waals surface area contributed by atoms with E-state index in [4.69, 9.17) is 16.3 Å². The summed E-state index contributed by atoms with van der Waals surface area (Å²) in [5, 5.41) is 0.567. The SMILES string of the molecule is O=c1ccc(S(=O)(=O)N2CCOCC2)cn1Cc1cccc(Cl)c1. The van der Waals surface area contributed by atoms with Gasteiger partial charge in [0.2, 0.25) is 10.0 Å². The molecule has 3 rings (SSSR count). The number of benzene rings is 1. The number of ether oxygens (including phenoxy) is 1. The molecule has 1 saturated heterocycles. The number of sulfonamides is 1. The minimum absolute atomic E-state index is 0.103. The molecule has 1 aromatic heterocycles. The van der Waals surface area contributed by atoms with Gasteiger partial charge in [-0.3, -0.25) is 4.79 Å². The lowest BCUT2D eigenvalue weighted by molar-refractivity contribution is 0.0730. The molecule has 0 aliphatic carbocycles. The van der Waals surface area contributed by atoms with Crippen LogP contribution in [0.2, 0.25) is 5.02 Å². The number of rotatable bonds is 4. The van der Waals surface area contributed by atoms with Gasteiger partial charge >= 0.3 is 0 Å². The van der Waals surface area contributed by atoms with Crippen molar-refractivity contribution in [2.24, 2.45) is 0 Å². The monoisotopic (exact) mass is 368 g/mol. The fraction of sp³-hybridized carbons (Fsp3) is 0.312. The molecule has 1 aliphatic heterocycles. The van der Waals surface area contributed by atoms with E-state index in [1.165, 1.54) is 27.2 Å². The first-order valence-corrected chi connectivity index (χ1v) is 9.31. The highest BCUT2D eigenvalue weighted by Crippen LogP contribution is 2.17. The van der Waals surface area contributed by atoms with Gasteiger partial charge in [-0.25, -0.2) is 8.42 Å². The van der Waals surface area contributed by atoms with Gasteiger partial charge in [0.25, 0.3) is 5.56 Å². The van der Waals surface area contributed by atoms with Crippen LogP contribution in [0.4, 0.5) is 0 Å². The smallest absolute Gasteiger partial charge is 0.250 e. The van der Waals surface area contributed by atoms with Crippen molar-refractivity contribution in [2.75, 3.05) is 26.3 Å². The van der Waals surface area contributed by atoms with Crippen LogP contribution in [-0.2, 0) is 21.3 Å². The number of halogens is 1. The number of morpholine rings is 1. The third-order valence-electron chi connectivity index (χ3n) is 3.81. The van der Waals surface area contributed by atoms with E-state index in [0.29, 0.717) is 31.3 Å². The van der Waals surface area contributed by atoms with Crippen molar-refractivity contribution in [1.29, 1.82) is 0 Å². The summed E-state index contributed by atoms with van der Waals surface area (Å²) in [6, 6.07) is 9.74. The molecule has 24 heavy (non-hydrogen) atoms. The van der Waals surface area contributed by atoms with Crippen molar-refractivity contribution in [3.63, 3.8) is 0 Å². The first kappa shape index (κ1) is 17.2. The van der Waals surface area contributed by atoms with Crippen LogP contribution in [-0.4, -0.2) is 43.6 Å². The standard InChI is InChI=1S/C16H17ClN2O4S/c17-14-3-1-2-13(10-14)11-18-12-15(4-5-16(18)20)24(21,22)19-6-8-23-9-7-19/h1-5,10,12H,6-9,11H2. The topological polar surface area (TPSA) is 68.6 Å². The molecule has 0 N–H and O–H groups in total. The Balaban J connectivity index is 1.92. The van der Waals surface area contributed by atoms with Gasteiger partial charge in [0.05, 0.1) is 24.7 Å². The van der Waals surface area contributed by atoms with Gasteiger partial charge < -0.3 is 9.30 Å². The molecule has 0 spiro atoms. The molecule has 6 nitrogen and oxygen atoms in total. The molecule has 0 unspecified atom stereocenters. The Kier molecular flexibility index (Phi) is 5.05. The molecule has 2 aromatic rings. The normalized spacial score (nSPS) is 16.2. The fourth-order valence-electron chi connectivity index (χ4n) is 2.55. The fourth-order valence-corrected chi connectivity index (χ4v) is 4.19. The molecule has 8 heteroatoms. The van der Waals surface area contributed by atoms with Crippen LogP contribution < -0.4 is 5.56 Å². The predicted octanol–water partition coefficient (Wildman–Crippen LogP) is 1.57. The summed E-state index contributed by atoms with van der Waals surface area (Å²) in [4.78, 5) is 12.2. The summed E-state index contributed by atoms with van der Waals surface area (Å²) in [5.74, 6) is 0. The summed E-state index contributed by atoms with van der Waals surface area (Å²) >= 11 is 5.95. The van der Waals surface area contributed by atoms with Gasteiger partial charge in [-0.1, -0.05) is 23.7 Å². The first-order chi connectivity index (χ1) is 11.5. The Labute approximate surface area is 145 Å². The molecule has 0 bridgehead atoms. The summed E-state index contributed by atoms with van der Waals surface area (Å²) in [6.07, 6.45) is 1.38. The van der Waals surface area contributed by atoms with E-state index in [1.807, 2.05) is 6.07 Å². The van der Waals surface area contributed by atoms with E-state index in [9.17, 15) is 13.2 Å². The first-order valence-electron chi connectivity index (χ1n) is 7.50. The van der Waals surface area contributed by atoms with Gasteiger partial charge in [0, 0.05) is 30.4 Å². The Hall–Kier alpha value is -1.67. The second-order valence-corrected chi connectivity index (χ2v) is 7.85. The van der Waals surface area contributed by atoms with Gasteiger partial charge in [0.1, 0.15) is 0 Å². The van der Waals surface area contributed by atoms with Gasteiger partial charge in [-0.2, -0.15) is 4.31 Å². The largest absolute Gasteiger partial charge is 0.379 e. The van der Waals surface area contributed by atoms with Gasteiger partial charge in [-0.05, 0) is 23.8 Å². The molecule has 1 aliphatic rings. The van der Waals surface area contributed by atoms with Crippen LogP contribution in [0.1, 0.15) is 5.56 Å². The quantitative estimate of drug-likeness (QED) is 0.821. The molecule has 0 radical (unpaired) electrons. The number of hydrogen-bond donors (Lipinski definition) is 0. The lowest BCUT2D eigenvalue weighted by Crippen LogP contribution is -2.41. The summed E-state index contributed by atoms with van der Waals surface area (Å²) in [5.41, 5.74) is 0.557. The third-order valence-corrected chi connectivity index (χ3v) is 5.92. The van der Waals surface area contributed by atoms with Crippen LogP contribution in [0.5, 0.6) is 0 Å². The maximum Gasteiger partial charge on any atom is 0.250 e.